The molecule has 1 amide bonds. The van der Waals surface area contributed by atoms with Crippen LogP contribution in [0.3, 0.4) is 0 Å². The lowest BCUT2D eigenvalue weighted by molar-refractivity contribution is -0.149. The molecule has 2 aliphatic rings. The Morgan fingerprint density at radius 3 is 2.91 bits per heavy atom. The molecule has 1 atom stereocenters. The molecule has 2 fully saturated rings. The van der Waals surface area contributed by atoms with Gasteiger partial charge in [-0.05, 0) is 25.9 Å². The molecule has 2 saturated heterocycles. The van der Waals surface area contributed by atoms with Crippen molar-refractivity contribution in [1.29, 1.82) is 0 Å². The van der Waals surface area contributed by atoms with Crippen LogP contribution in [0.25, 0.3) is 0 Å². The second-order valence-corrected chi connectivity index (χ2v) is 5.74. The Hall–Kier alpha value is -2.22. The van der Waals surface area contributed by atoms with Crippen molar-refractivity contribution in [3.63, 3.8) is 0 Å². The molecule has 0 radical (unpaired) electrons. The van der Waals surface area contributed by atoms with E-state index in [1.165, 1.54) is 12.4 Å². The summed E-state index contributed by atoms with van der Waals surface area (Å²) in [5, 5.41) is 5.84. The van der Waals surface area contributed by atoms with Crippen molar-refractivity contribution >= 4 is 11.9 Å². The van der Waals surface area contributed by atoms with Crippen molar-refractivity contribution in [2.24, 2.45) is 5.41 Å². The van der Waals surface area contributed by atoms with E-state index in [-0.39, 0.29) is 24.3 Å². The molecule has 3 N–H and O–H groups in total. The summed E-state index contributed by atoms with van der Waals surface area (Å²) >= 11 is 0. The van der Waals surface area contributed by atoms with Gasteiger partial charge in [-0.15, -0.1) is 0 Å². The van der Waals surface area contributed by atoms with Gasteiger partial charge in [0, 0.05) is 18.8 Å². The first-order valence-corrected chi connectivity index (χ1v) is 7.34. The highest BCUT2D eigenvalue weighted by atomic mass is 16.6. The third-order valence-corrected chi connectivity index (χ3v) is 4.30. The molecule has 1 spiro atoms. The molecule has 8 heteroatoms. The van der Waals surface area contributed by atoms with Crippen LogP contribution >= 0.6 is 0 Å². The third kappa shape index (κ3) is 2.74. The zero-order chi connectivity index (χ0) is 15.6. The van der Waals surface area contributed by atoms with Crippen molar-refractivity contribution < 1.29 is 14.3 Å². The van der Waals surface area contributed by atoms with Crippen LogP contribution in [-0.2, 0) is 9.53 Å². The van der Waals surface area contributed by atoms with Gasteiger partial charge < -0.3 is 20.4 Å². The van der Waals surface area contributed by atoms with Crippen molar-refractivity contribution in [1.82, 2.24) is 20.6 Å². The number of carbonyl (C=O) groups excluding carboxylic acids is 2. The topological polar surface area (TPSA) is 113 Å². The predicted molar refractivity (Wildman–Crippen MR) is 76.2 cm³/mol. The fourth-order valence-electron chi connectivity index (χ4n) is 3.07. The number of hydrogen-bond donors (Lipinski definition) is 3. The number of carbonyl (C=O) groups is 2. The van der Waals surface area contributed by atoms with Crippen LogP contribution in [0.15, 0.2) is 17.2 Å². The number of nitrogens with one attached hydrogen (secondary N) is 3. The number of esters is 1. The first-order chi connectivity index (χ1) is 10.6. The van der Waals surface area contributed by atoms with E-state index in [9.17, 15) is 14.4 Å². The van der Waals surface area contributed by atoms with E-state index in [2.05, 4.69) is 20.6 Å². The average molecular weight is 306 g/mol. The van der Waals surface area contributed by atoms with Crippen molar-refractivity contribution in [2.45, 2.75) is 25.4 Å². The summed E-state index contributed by atoms with van der Waals surface area (Å²) < 4.78 is 5.38. The van der Waals surface area contributed by atoms with E-state index < -0.39 is 16.9 Å². The summed E-state index contributed by atoms with van der Waals surface area (Å²) in [5.41, 5.74) is -1.15. The largest absolute Gasteiger partial charge is 0.460 e. The first-order valence-electron chi connectivity index (χ1n) is 7.34. The molecule has 0 saturated carbocycles. The Morgan fingerprint density at radius 2 is 2.18 bits per heavy atom. The van der Waals surface area contributed by atoms with Crippen LogP contribution in [0.4, 0.5) is 0 Å². The number of cyclic esters (lactones) is 1. The lowest BCUT2D eigenvalue weighted by atomic mass is 9.76. The zero-order valence-corrected chi connectivity index (χ0v) is 12.1. The molecule has 0 aliphatic carbocycles. The molecule has 118 valence electrons. The lowest BCUT2D eigenvalue weighted by Gasteiger charge is -2.29. The van der Waals surface area contributed by atoms with Gasteiger partial charge in [-0.1, -0.05) is 0 Å². The molecule has 1 aromatic heterocycles. The molecule has 22 heavy (non-hydrogen) atoms. The Bertz CT molecular complexity index is 636. The predicted octanol–water partition coefficient (Wildman–Crippen LogP) is -0.815. The van der Waals surface area contributed by atoms with Gasteiger partial charge in [0.25, 0.3) is 11.5 Å². The molecule has 1 aromatic rings. The summed E-state index contributed by atoms with van der Waals surface area (Å²) in [6, 6.07) is 0. The van der Waals surface area contributed by atoms with E-state index >= 15 is 0 Å². The third-order valence-electron chi connectivity index (χ3n) is 4.30. The molecule has 3 heterocycles. The lowest BCUT2D eigenvalue weighted by Crippen LogP contribution is -2.40. The fraction of sp³-hybridized carbons (Fsp3) is 0.571. The van der Waals surface area contributed by atoms with E-state index in [1.54, 1.807) is 0 Å². The number of piperidine rings is 1. The normalized spacial score (nSPS) is 23.3. The van der Waals surface area contributed by atoms with Crippen LogP contribution in [0.1, 0.15) is 29.8 Å². The van der Waals surface area contributed by atoms with E-state index in [0.717, 1.165) is 25.9 Å². The molecular weight excluding hydrogens is 288 g/mol. The smallest absolute Gasteiger partial charge is 0.312 e. The number of nitrogens with zero attached hydrogens (tertiary/aromatic N) is 1. The SMILES string of the molecule is O=C(NCC1CC2(CCNCC2)C(=O)O1)c1ncc[nH]c1=O. The monoisotopic (exact) mass is 306 g/mol. The van der Waals surface area contributed by atoms with E-state index in [1.807, 2.05) is 0 Å². The maximum atomic E-state index is 12.1. The standard InChI is InChI=1S/C14H18N4O4/c19-11-10(16-5-6-17-11)12(20)18-8-9-7-14(13(21)22-9)1-3-15-4-2-14/h5-6,9,15H,1-4,7-8H2,(H,17,19)(H,18,20). The Kier molecular flexibility index (Phi) is 3.93. The number of H-pyrrole nitrogens is 1. The minimum absolute atomic E-state index is 0.177. The highest BCUT2D eigenvalue weighted by molar-refractivity contribution is 5.91. The van der Waals surface area contributed by atoms with Gasteiger partial charge in [-0.3, -0.25) is 14.4 Å². The molecule has 8 nitrogen and oxygen atoms in total. The Labute approximate surface area is 126 Å². The molecule has 0 bridgehead atoms. The number of amides is 1. The van der Waals surface area contributed by atoms with Gasteiger partial charge in [0.15, 0.2) is 5.69 Å². The number of hydrogen-bond acceptors (Lipinski definition) is 6. The summed E-state index contributed by atoms with van der Waals surface area (Å²) in [5.74, 6) is -0.743. The minimum Gasteiger partial charge on any atom is -0.460 e. The average Bonchev–Trinajstić information content (AvgIpc) is 2.82. The Morgan fingerprint density at radius 1 is 1.41 bits per heavy atom. The van der Waals surface area contributed by atoms with Gasteiger partial charge in [0.1, 0.15) is 6.10 Å². The molecule has 3 rings (SSSR count). The van der Waals surface area contributed by atoms with Gasteiger partial charge in [-0.2, -0.15) is 0 Å². The van der Waals surface area contributed by atoms with Crippen molar-refractivity contribution in [3.05, 3.63) is 28.4 Å². The summed E-state index contributed by atoms with van der Waals surface area (Å²) in [7, 11) is 0. The highest BCUT2D eigenvalue weighted by Gasteiger charge is 2.49. The fourth-order valence-corrected chi connectivity index (χ4v) is 3.07. The number of rotatable bonds is 3. The maximum Gasteiger partial charge on any atom is 0.312 e. The Balaban J connectivity index is 1.59. The van der Waals surface area contributed by atoms with Crippen molar-refractivity contribution in [3.8, 4) is 0 Å². The van der Waals surface area contributed by atoms with Gasteiger partial charge in [-0.25, -0.2) is 4.98 Å². The molecule has 2 aliphatic heterocycles. The first kappa shape index (κ1) is 14.7. The minimum atomic E-state index is -0.566. The van der Waals surface area contributed by atoms with Crippen LogP contribution in [0.2, 0.25) is 0 Å². The summed E-state index contributed by atoms with van der Waals surface area (Å²) in [4.78, 5) is 41.6. The highest BCUT2D eigenvalue weighted by Crippen LogP contribution is 2.41. The van der Waals surface area contributed by atoms with Crippen LogP contribution in [0.5, 0.6) is 0 Å². The van der Waals surface area contributed by atoms with Crippen LogP contribution in [-0.4, -0.2) is 47.6 Å². The quantitative estimate of drug-likeness (QED) is 0.629. The summed E-state index contributed by atoms with van der Waals surface area (Å²) in [6.45, 7) is 1.80. The van der Waals surface area contributed by atoms with Gasteiger partial charge in [0.2, 0.25) is 0 Å². The number of aromatic amines is 1. The van der Waals surface area contributed by atoms with E-state index in [4.69, 9.17) is 4.74 Å². The zero-order valence-electron chi connectivity index (χ0n) is 12.1. The van der Waals surface area contributed by atoms with E-state index in [0.29, 0.717) is 6.42 Å². The maximum absolute atomic E-state index is 12.1. The number of aromatic nitrogens is 2. The second-order valence-electron chi connectivity index (χ2n) is 5.74. The van der Waals surface area contributed by atoms with Crippen LogP contribution < -0.4 is 16.2 Å². The van der Waals surface area contributed by atoms with Crippen LogP contribution in [0, 0.1) is 5.41 Å². The molecule has 1 unspecified atom stereocenters. The van der Waals surface area contributed by atoms with Gasteiger partial charge in [0.05, 0.1) is 12.0 Å². The number of ether oxygens (including phenoxy) is 1. The molecular formula is C14H18N4O4. The second kappa shape index (κ2) is 5.88. The summed E-state index contributed by atoms with van der Waals surface area (Å²) in [6.07, 6.45) is 4.48. The molecule has 0 aromatic carbocycles. The van der Waals surface area contributed by atoms with Gasteiger partial charge >= 0.3 is 5.97 Å². The van der Waals surface area contributed by atoms with Crippen molar-refractivity contribution in [2.75, 3.05) is 19.6 Å².